The van der Waals surface area contributed by atoms with Crippen molar-refractivity contribution >= 4 is 22.5 Å². The Kier molecular flexibility index (Phi) is 2.92. The highest BCUT2D eigenvalue weighted by Gasteiger charge is 2.11. The maximum atomic E-state index is 11.7. The highest BCUT2D eigenvalue weighted by molar-refractivity contribution is 5.95. The van der Waals surface area contributed by atoms with Gasteiger partial charge in [0.1, 0.15) is 5.69 Å². The second-order valence-electron chi connectivity index (χ2n) is 3.96. The van der Waals surface area contributed by atoms with E-state index in [0.29, 0.717) is 10.9 Å². The molecule has 7 heteroatoms. The molecule has 2 heterocycles. The fourth-order valence-corrected chi connectivity index (χ4v) is 1.77. The first kappa shape index (κ1) is 12.0. The minimum absolute atomic E-state index is 0.0931. The SMILES string of the molecule is O=C(N=Nc1c(O)[nH]c2ccccc12)c1cnccn1. The Morgan fingerprint density at radius 1 is 1.25 bits per heavy atom. The number of hydrogen-bond donors (Lipinski definition) is 2. The van der Waals surface area contributed by atoms with E-state index in [2.05, 4.69) is 25.2 Å². The van der Waals surface area contributed by atoms with E-state index in [9.17, 15) is 9.90 Å². The second kappa shape index (κ2) is 4.88. The second-order valence-corrected chi connectivity index (χ2v) is 3.96. The maximum absolute atomic E-state index is 11.7. The summed E-state index contributed by atoms with van der Waals surface area (Å²) < 4.78 is 0. The number of carbonyl (C=O) groups is 1. The van der Waals surface area contributed by atoms with Crippen molar-refractivity contribution < 1.29 is 9.90 Å². The number of nitrogens with one attached hydrogen (secondary N) is 1. The third kappa shape index (κ3) is 2.12. The highest BCUT2D eigenvalue weighted by Crippen LogP contribution is 2.35. The molecule has 0 aliphatic carbocycles. The van der Waals surface area contributed by atoms with Crippen LogP contribution in [0, 0.1) is 0 Å². The molecule has 0 radical (unpaired) electrons. The van der Waals surface area contributed by atoms with Crippen molar-refractivity contribution in [1.29, 1.82) is 0 Å². The molecule has 2 aromatic heterocycles. The number of fused-ring (bicyclic) bond motifs is 1. The molecular formula is C13H9N5O2. The molecule has 1 amide bonds. The number of carbonyl (C=O) groups excluding carboxylic acids is 1. The summed E-state index contributed by atoms with van der Waals surface area (Å²) in [5.41, 5.74) is 1.03. The Bertz CT molecular complexity index is 795. The van der Waals surface area contributed by atoms with Gasteiger partial charge in [0.15, 0.2) is 5.69 Å². The lowest BCUT2D eigenvalue weighted by molar-refractivity contribution is 0.0990. The summed E-state index contributed by atoms with van der Waals surface area (Å²) in [6, 6.07) is 7.19. The van der Waals surface area contributed by atoms with Gasteiger partial charge in [-0.05, 0) is 6.07 Å². The molecule has 7 nitrogen and oxygen atoms in total. The van der Waals surface area contributed by atoms with Crippen molar-refractivity contribution in [2.45, 2.75) is 0 Å². The number of rotatable bonds is 2. The average molecular weight is 267 g/mol. The summed E-state index contributed by atoms with van der Waals surface area (Å²) in [6.07, 6.45) is 4.15. The first-order valence-corrected chi connectivity index (χ1v) is 5.77. The number of aromatic hydroxyl groups is 1. The van der Waals surface area contributed by atoms with Gasteiger partial charge in [-0.25, -0.2) is 4.98 Å². The molecule has 98 valence electrons. The van der Waals surface area contributed by atoms with Crippen LogP contribution in [0.25, 0.3) is 10.9 Å². The van der Waals surface area contributed by atoms with Crippen molar-refractivity contribution in [1.82, 2.24) is 15.0 Å². The molecule has 1 aromatic carbocycles. The number of hydrogen-bond acceptors (Lipinski definition) is 5. The quantitative estimate of drug-likeness (QED) is 0.696. The van der Waals surface area contributed by atoms with Gasteiger partial charge in [0.25, 0.3) is 0 Å². The molecule has 0 atom stereocenters. The first-order chi connectivity index (χ1) is 9.75. The molecule has 0 saturated heterocycles. The van der Waals surface area contributed by atoms with Crippen LogP contribution in [0.15, 0.2) is 53.1 Å². The number of aromatic amines is 1. The largest absolute Gasteiger partial charge is 0.493 e. The Balaban J connectivity index is 1.95. The lowest BCUT2D eigenvalue weighted by atomic mass is 10.2. The standard InChI is InChI=1S/C13H9N5O2/c19-12(10-7-14-5-6-15-10)18-17-11-8-3-1-2-4-9(8)16-13(11)20/h1-7,16,20H. The molecule has 20 heavy (non-hydrogen) atoms. The summed E-state index contributed by atoms with van der Waals surface area (Å²) in [5.74, 6) is -0.760. The van der Waals surface area contributed by atoms with Crippen molar-refractivity contribution in [3.05, 3.63) is 48.5 Å². The van der Waals surface area contributed by atoms with Gasteiger partial charge in [-0.15, -0.1) is 10.2 Å². The molecule has 0 aliphatic rings. The van der Waals surface area contributed by atoms with E-state index in [1.54, 1.807) is 18.2 Å². The average Bonchev–Trinajstić information content (AvgIpc) is 2.81. The number of para-hydroxylation sites is 1. The molecule has 0 bridgehead atoms. The zero-order chi connectivity index (χ0) is 13.9. The van der Waals surface area contributed by atoms with E-state index in [-0.39, 0.29) is 17.3 Å². The molecule has 0 spiro atoms. The third-order valence-electron chi connectivity index (χ3n) is 2.68. The van der Waals surface area contributed by atoms with Crippen LogP contribution in [-0.4, -0.2) is 26.0 Å². The van der Waals surface area contributed by atoms with Crippen molar-refractivity contribution in [3.8, 4) is 5.88 Å². The monoisotopic (exact) mass is 267 g/mol. The Morgan fingerprint density at radius 3 is 2.90 bits per heavy atom. The summed E-state index contributed by atoms with van der Waals surface area (Å²) in [5, 5.41) is 17.8. The van der Waals surface area contributed by atoms with Gasteiger partial charge in [0, 0.05) is 17.8 Å². The minimum Gasteiger partial charge on any atom is -0.493 e. The van der Waals surface area contributed by atoms with Gasteiger partial charge < -0.3 is 10.1 Å². The molecular weight excluding hydrogens is 258 g/mol. The number of aromatic nitrogens is 3. The number of nitrogens with zero attached hydrogens (tertiary/aromatic N) is 4. The minimum atomic E-state index is -0.622. The predicted molar refractivity (Wildman–Crippen MR) is 70.8 cm³/mol. The molecule has 0 aliphatic heterocycles. The fourth-order valence-electron chi connectivity index (χ4n) is 1.77. The topological polar surface area (TPSA) is 104 Å². The van der Waals surface area contributed by atoms with Crippen molar-refractivity contribution in [3.63, 3.8) is 0 Å². The van der Waals surface area contributed by atoms with Crippen molar-refractivity contribution in [2.75, 3.05) is 0 Å². The number of H-pyrrole nitrogens is 1. The predicted octanol–water partition coefficient (Wildman–Crippen LogP) is 2.59. The summed E-state index contributed by atoms with van der Waals surface area (Å²) in [7, 11) is 0. The van der Waals surface area contributed by atoms with Gasteiger partial charge in [-0.3, -0.25) is 9.78 Å². The Labute approximate surface area is 113 Å². The molecule has 3 aromatic rings. The van der Waals surface area contributed by atoms with Crippen LogP contribution in [-0.2, 0) is 0 Å². The van der Waals surface area contributed by atoms with Crippen LogP contribution in [0.1, 0.15) is 10.5 Å². The van der Waals surface area contributed by atoms with Crippen molar-refractivity contribution in [2.24, 2.45) is 10.2 Å². The number of amides is 1. The van der Waals surface area contributed by atoms with Crippen LogP contribution < -0.4 is 0 Å². The van der Waals surface area contributed by atoms with Crippen LogP contribution in [0.5, 0.6) is 5.88 Å². The Hall–Kier alpha value is -3.09. The maximum Gasteiger partial charge on any atom is 0.315 e. The first-order valence-electron chi connectivity index (χ1n) is 5.77. The van der Waals surface area contributed by atoms with E-state index in [1.165, 1.54) is 18.6 Å². The van der Waals surface area contributed by atoms with E-state index < -0.39 is 5.91 Å². The molecule has 3 rings (SSSR count). The summed E-state index contributed by atoms with van der Waals surface area (Å²) in [4.78, 5) is 22.1. The summed E-state index contributed by atoms with van der Waals surface area (Å²) >= 11 is 0. The molecule has 0 fully saturated rings. The van der Waals surface area contributed by atoms with Gasteiger partial charge in [-0.1, -0.05) is 18.2 Å². The van der Waals surface area contributed by atoms with E-state index in [1.807, 2.05) is 6.07 Å². The summed E-state index contributed by atoms with van der Waals surface area (Å²) in [6.45, 7) is 0. The smallest absolute Gasteiger partial charge is 0.315 e. The molecule has 2 N–H and O–H groups in total. The zero-order valence-corrected chi connectivity index (χ0v) is 10.2. The van der Waals surface area contributed by atoms with Gasteiger partial charge in [0.2, 0.25) is 5.88 Å². The third-order valence-corrected chi connectivity index (χ3v) is 2.68. The van der Waals surface area contributed by atoms with Crippen LogP contribution in [0.3, 0.4) is 0 Å². The number of benzene rings is 1. The molecule has 0 unspecified atom stereocenters. The Morgan fingerprint density at radius 2 is 2.10 bits per heavy atom. The van der Waals surface area contributed by atoms with E-state index in [0.717, 1.165) is 0 Å². The lowest BCUT2D eigenvalue weighted by Gasteiger charge is -1.92. The van der Waals surface area contributed by atoms with Gasteiger partial charge in [-0.2, -0.15) is 0 Å². The van der Waals surface area contributed by atoms with Gasteiger partial charge in [0.05, 0.1) is 11.7 Å². The van der Waals surface area contributed by atoms with Crippen LogP contribution >= 0.6 is 0 Å². The van der Waals surface area contributed by atoms with Crippen LogP contribution in [0.4, 0.5) is 5.69 Å². The lowest BCUT2D eigenvalue weighted by Crippen LogP contribution is -1.97. The van der Waals surface area contributed by atoms with E-state index >= 15 is 0 Å². The zero-order valence-electron chi connectivity index (χ0n) is 10.2. The normalized spacial score (nSPS) is 11.2. The van der Waals surface area contributed by atoms with Gasteiger partial charge >= 0.3 is 5.91 Å². The number of azo groups is 1. The van der Waals surface area contributed by atoms with E-state index in [4.69, 9.17) is 0 Å². The fraction of sp³-hybridized carbons (Fsp3) is 0. The van der Waals surface area contributed by atoms with Crippen LogP contribution in [0.2, 0.25) is 0 Å². The molecule has 0 saturated carbocycles. The highest BCUT2D eigenvalue weighted by atomic mass is 16.3.